The molecule has 0 fully saturated rings. The third-order valence-electron chi connectivity index (χ3n) is 3.84. The number of hydrogen-bond acceptors (Lipinski definition) is 6. The number of aromatic nitrogens is 3. The van der Waals surface area contributed by atoms with Gasteiger partial charge < -0.3 is 5.32 Å². The highest BCUT2D eigenvalue weighted by Crippen LogP contribution is 2.22. The van der Waals surface area contributed by atoms with Crippen molar-refractivity contribution in [3.63, 3.8) is 0 Å². The summed E-state index contributed by atoms with van der Waals surface area (Å²) in [4.78, 5) is 36.6. The molecule has 1 aromatic carbocycles. The van der Waals surface area contributed by atoms with Crippen LogP contribution in [0.25, 0.3) is 11.1 Å². The van der Waals surface area contributed by atoms with Gasteiger partial charge in [-0.3, -0.25) is 9.59 Å². The van der Waals surface area contributed by atoms with Gasteiger partial charge in [-0.25, -0.2) is 15.0 Å². The highest BCUT2D eigenvalue weighted by atomic mass is 16.1. The van der Waals surface area contributed by atoms with E-state index in [0.717, 1.165) is 11.1 Å². The van der Waals surface area contributed by atoms with Gasteiger partial charge in [-0.05, 0) is 17.7 Å². The first-order valence-corrected chi connectivity index (χ1v) is 7.61. The summed E-state index contributed by atoms with van der Waals surface area (Å²) in [5, 5.41) is 2.90. The number of carbonyl (C=O) groups excluding carboxylic acids is 2. The fraction of sp³-hybridized carbons (Fsp3) is 0. The number of anilines is 1. The van der Waals surface area contributed by atoms with Crippen LogP contribution in [-0.4, -0.2) is 26.5 Å². The zero-order chi connectivity index (χ0) is 17.2. The number of fused-ring (bicyclic) bond motifs is 1. The van der Waals surface area contributed by atoms with Crippen molar-refractivity contribution in [1.82, 2.24) is 15.0 Å². The van der Waals surface area contributed by atoms with Crippen molar-refractivity contribution < 1.29 is 9.59 Å². The van der Waals surface area contributed by atoms with E-state index < -0.39 is 0 Å². The van der Waals surface area contributed by atoms with Gasteiger partial charge in [-0.1, -0.05) is 30.3 Å². The molecule has 0 spiro atoms. The maximum atomic E-state index is 12.5. The molecule has 0 saturated heterocycles. The maximum Gasteiger partial charge on any atom is 0.213 e. The second-order valence-corrected chi connectivity index (χ2v) is 5.46. The zero-order valence-corrected chi connectivity index (χ0v) is 13.0. The number of nitrogens with one attached hydrogen (secondary N) is 1. The fourth-order valence-corrected chi connectivity index (χ4v) is 2.60. The van der Waals surface area contributed by atoms with Gasteiger partial charge in [-0.2, -0.15) is 0 Å². The van der Waals surface area contributed by atoms with Crippen molar-refractivity contribution in [1.29, 1.82) is 0 Å². The third kappa shape index (κ3) is 2.81. The molecule has 2 aromatic heterocycles. The highest BCUT2D eigenvalue weighted by Gasteiger charge is 2.27. The third-order valence-corrected chi connectivity index (χ3v) is 3.84. The molecule has 0 aliphatic heterocycles. The second kappa shape index (κ2) is 6.09. The molecule has 0 atom stereocenters. The van der Waals surface area contributed by atoms with E-state index in [0.29, 0.717) is 5.82 Å². The van der Waals surface area contributed by atoms with Crippen molar-refractivity contribution >= 4 is 17.4 Å². The minimum absolute atomic E-state index is 0.123. The minimum atomic E-state index is -0.333. The van der Waals surface area contributed by atoms with E-state index in [1.807, 2.05) is 36.4 Å². The number of Topliss-reactive ketones (excluding diaryl/α,β-unsaturated/α-hetero) is 1. The van der Waals surface area contributed by atoms with E-state index in [2.05, 4.69) is 20.3 Å². The number of allylic oxidation sites excluding steroid dienone is 2. The Morgan fingerprint density at radius 2 is 1.68 bits per heavy atom. The zero-order valence-electron chi connectivity index (χ0n) is 13.0. The molecule has 3 aromatic rings. The van der Waals surface area contributed by atoms with Crippen molar-refractivity contribution in [3.05, 3.63) is 84.2 Å². The smallest absolute Gasteiger partial charge is 0.213 e. The normalized spacial score (nSPS) is 13.2. The van der Waals surface area contributed by atoms with E-state index in [1.54, 1.807) is 12.3 Å². The summed E-state index contributed by atoms with van der Waals surface area (Å²) in [6.07, 6.45) is 5.55. The lowest BCUT2D eigenvalue weighted by atomic mass is 9.98. The predicted octanol–water partition coefficient (Wildman–Crippen LogP) is 2.91. The molecule has 2 heterocycles. The molecule has 1 aliphatic carbocycles. The van der Waals surface area contributed by atoms with Crippen LogP contribution in [0, 0.1) is 0 Å². The Hall–Kier alpha value is -3.67. The number of benzene rings is 1. The summed E-state index contributed by atoms with van der Waals surface area (Å²) in [5.41, 5.74) is 2.49. The van der Waals surface area contributed by atoms with Crippen LogP contribution in [0.5, 0.6) is 0 Å². The molecule has 1 N–H and O–H groups in total. The van der Waals surface area contributed by atoms with Gasteiger partial charge in [0.25, 0.3) is 0 Å². The average molecular weight is 328 g/mol. The largest absolute Gasteiger partial charge is 0.337 e. The first kappa shape index (κ1) is 14.9. The van der Waals surface area contributed by atoms with Gasteiger partial charge in [-0.15, -0.1) is 0 Å². The van der Waals surface area contributed by atoms with E-state index in [1.165, 1.54) is 18.6 Å². The van der Waals surface area contributed by atoms with Crippen LogP contribution in [0.15, 0.2) is 73.0 Å². The van der Waals surface area contributed by atoms with Crippen LogP contribution in [0.2, 0.25) is 0 Å². The SMILES string of the molecule is O=C1C(Nc2ccc(-c3ccccc3)cn2)=CC(=O)c2ncncc21. The summed E-state index contributed by atoms with van der Waals surface area (Å²) in [7, 11) is 0. The molecular formula is C19H12N4O2. The lowest BCUT2D eigenvalue weighted by Crippen LogP contribution is -2.23. The first-order chi connectivity index (χ1) is 12.2. The van der Waals surface area contributed by atoms with Gasteiger partial charge >= 0.3 is 0 Å². The average Bonchev–Trinajstić information content (AvgIpc) is 2.67. The molecule has 0 radical (unpaired) electrons. The molecule has 0 bridgehead atoms. The number of nitrogens with zero attached hydrogens (tertiary/aromatic N) is 3. The van der Waals surface area contributed by atoms with Gasteiger partial charge in [0.2, 0.25) is 11.6 Å². The maximum absolute atomic E-state index is 12.5. The van der Waals surface area contributed by atoms with Crippen molar-refractivity contribution in [2.75, 3.05) is 5.32 Å². The van der Waals surface area contributed by atoms with Gasteiger partial charge in [0.1, 0.15) is 17.8 Å². The number of carbonyl (C=O) groups is 2. The van der Waals surface area contributed by atoms with Gasteiger partial charge in [0, 0.05) is 24.0 Å². The van der Waals surface area contributed by atoms with Crippen LogP contribution in [0.4, 0.5) is 5.82 Å². The minimum Gasteiger partial charge on any atom is -0.337 e. The second-order valence-electron chi connectivity index (χ2n) is 5.46. The van der Waals surface area contributed by atoms with E-state index >= 15 is 0 Å². The Labute approximate surface area is 143 Å². The summed E-state index contributed by atoms with van der Waals surface area (Å²) in [5.74, 6) is -0.183. The lowest BCUT2D eigenvalue weighted by molar-refractivity contribution is 0.0981. The van der Waals surface area contributed by atoms with Crippen LogP contribution in [0.1, 0.15) is 20.8 Å². The van der Waals surface area contributed by atoms with E-state index in [-0.39, 0.29) is 28.5 Å². The van der Waals surface area contributed by atoms with Crippen molar-refractivity contribution in [2.45, 2.75) is 0 Å². The number of ketones is 2. The van der Waals surface area contributed by atoms with Crippen LogP contribution in [0.3, 0.4) is 0 Å². The van der Waals surface area contributed by atoms with Crippen molar-refractivity contribution in [3.8, 4) is 11.1 Å². The predicted molar refractivity (Wildman–Crippen MR) is 92.1 cm³/mol. The molecule has 0 amide bonds. The standard InChI is InChI=1S/C19H12N4O2/c24-16-8-15(19(25)14-10-20-11-22-18(14)16)23-17-7-6-13(9-21-17)12-4-2-1-3-5-12/h1-11H,(H,21,23). The Morgan fingerprint density at radius 1 is 0.840 bits per heavy atom. The van der Waals surface area contributed by atoms with Crippen LogP contribution >= 0.6 is 0 Å². The Morgan fingerprint density at radius 3 is 2.44 bits per heavy atom. The highest BCUT2D eigenvalue weighted by molar-refractivity contribution is 6.24. The molecule has 0 saturated carbocycles. The summed E-state index contributed by atoms with van der Waals surface area (Å²) >= 11 is 0. The van der Waals surface area contributed by atoms with E-state index in [9.17, 15) is 9.59 Å². The molecule has 6 nitrogen and oxygen atoms in total. The number of rotatable bonds is 3. The lowest BCUT2D eigenvalue weighted by Gasteiger charge is -2.15. The van der Waals surface area contributed by atoms with Crippen LogP contribution < -0.4 is 5.32 Å². The molecule has 1 aliphatic rings. The molecule has 25 heavy (non-hydrogen) atoms. The Balaban J connectivity index is 1.59. The molecule has 0 unspecified atom stereocenters. The Kier molecular flexibility index (Phi) is 3.63. The molecule has 4 rings (SSSR count). The topological polar surface area (TPSA) is 84.8 Å². The fourth-order valence-electron chi connectivity index (χ4n) is 2.60. The van der Waals surface area contributed by atoms with Crippen molar-refractivity contribution in [2.24, 2.45) is 0 Å². The molecule has 120 valence electrons. The summed E-state index contributed by atoms with van der Waals surface area (Å²) in [6, 6.07) is 13.5. The first-order valence-electron chi connectivity index (χ1n) is 7.61. The molecular weight excluding hydrogens is 316 g/mol. The van der Waals surface area contributed by atoms with Gasteiger partial charge in [0.05, 0.1) is 11.3 Å². The monoisotopic (exact) mass is 328 g/mol. The summed E-state index contributed by atoms with van der Waals surface area (Å²) < 4.78 is 0. The van der Waals surface area contributed by atoms with E-state index in [4.69, 9.17) is 0 Å². The number of pyridine rings is 1. The Bertz CT molecular complexity index is 995. The quantitative estimate of drug-likeness (QED) is 0.796. The molecule has 6 heteroatoms. The van der Waals surface area contributed by atoms with Gasteiger partial charge in [0.15, 0.2) is 0 Å². The van der Waals surface area contributed by atoms with Crippen LogP contribution in [-0.2, 0) is 0 Å². The number of hydrogen-bond donors (Lipinski definition) is 1. The summed E-state index contributed by atoms with van der Waals surface area (Å²) in [6.45, 7) is 0.